The van der Waals surface area contributed by atoms with Crippen LogP contribution in [0.4, 0.5) is 4.39 Å². The second kappa shape index (κ2) is 9.71. The van der Waals surface area contributed by atoms with Crippen molar-refractivity contribution in [2.45, 2.75) is 13.0 Å². The molecule has 0 saturated heterocycles. The highest BCUT2D eigenvalue weighted by Gasteiger charge is 2.08. The van der Waals surface area contributed by atoms with Gasteiger partial charge in [0.25, 0.3) is 0 Å². The van der Waals surface area contributed by atoms with Crippen molar-refractivity contribution in [3.63, 3.8) is 0 Å². The van der Waals surface area contributed by atoms with Gasteiger partial charge < -0.3 is 14.8 Å². The molecule has 2 aromatic carbocycles. The second-order valence-electron chi connectivity index (χ2n) is 5.89. The molecule has 1 aromatic heterocycles. The standard InChI is InChI=1S/C21H18ClFN2O3/c22-16-3-1-4-17(12-16)27-10-8-21(26)25-13-15-6-7-20(19(23)11-15)28-18-5-2-9-24-14-18/h1-7,9,11-12,14H,8,10,13H2,(H,25,26). The normalized spacial score (nSPS) is 10.4. The molecule has 1 heterocycles. The number of aromatic nitrogens is 1. The lowest BCUT2D eigenvalue weighted by atomic mass is 10.2. The minimum atomic E-state index is -0.514. The summed E-state index contributed by atoms with van der Waals surface area (Å²) in [6.45, 7) is 0.429. The number of carbonyl (C=O) groups excluding carboxylic acids is 1. The third-order valence-corrected chi connectivity index (χ3v) is 3.98. The largest absolute Gasteiger partial charge is 0.493 e. The third-order valence-electron chi connectivity index (χ3n) is 3.74. The lowest BCUT2D eigenvalue weighted by Gasteiger charge is -2.10. The summed E-state index contributed by atoms with van der Waals surface area (Å²) in [6, 6.07) is 14.9. The number of halogens is 2. The van der Waals surface area contributed by atoms with Crippen LogP contribution in [-0.2, 0) is 11.3 Å². The number of hydrogen-bond acceptors (Lipinski definition) is 4. The van der Waals surface area contributed by atoms with Crippen molar-refractivity contribution in [1.82, 2.24) is 10.3 Å². The fourth-order valence-electron chi connectivity index (χ4n) is 2.38. The number of nitrogens with one attached hydrogen (secondary N) is 1. The van der Waals surface area contributed by atoms with Crippen molar-refractivity contribution < 1.29 is 18.7 Å². The van der Waals surface area contributed by atoms with Crippen LogP contribution in [0.3, 0.4) is 0 Å². The van der Waals surface area contributed by atoms with E-state index >= 15 is 0 Å². The van der Waals surface area contributed by atoms with E-state index in [9.17, 15) is 9.18 Å². The molecule has 3 rings (SSSR count). The number of rotatable bonds is 8. The van der Waals surface area contributed by atoms with Gasteiger partial charge in [-0.3, -0.25) is 9.78 Å². The Kier molecular flexibility index (Phi) is 6.81. The molecule has 0 fully saturated rings. The van der Waals surface area contributed by atoms with Crippen LogP contribution in [0, 0.1) is 5.82 Å². The highest BCUT2D eigenvalue weighted by Crippen LogP contribution is 2.24. The summed E-state index contributed by atoms with van der Waals surface area (Å²) in [5.74, 6) is 0.435. The Balaban J connectivity index is 1.45. The van der Waals surface area contributed by atoms with Crippen LogP contribution in [0.2, 0.25) is 5.02 Å². The molecule has 1 amide bonds. The Labute approximate surface area is 167 Å². The molecule has 0 saturated carbocycles. The number of hydrogen-bond donors (Lipinski definition) is 1. The van der Waals surface area contributed by atoms with Gasteiger partial charge >= 0.3 is 0 Å². The molecule has 1 N–H and O–H groups in total. The van der Waals surface area contributed by atoms with Crippen molar-refractivity contribution in [3.05, 3.63) is 83.4 Å². The Hall–Kier alpha value is -3.12. The summed E-state index contributed by atoms with van der Waals surface area (Å²) in [6.07, 6.45) is 3.28. The monoisotopic (exact) mass is 400 g/mol. The zero-order valence-corrected chi connectivity index (χ0v) is 15.7. The molecule has 0 aliphatic carbocycles. The highest BCUT2D eigenvalue weighted by molar-refractivity contribution is 6.30. The molecule has 0 bridgehead atoms. The molecule has 28 heavy (non-hydrogen) atoms. The maximum Gasteiger partial charge on any atom is 0.223 e. The molecule has 144 valence electrons. The third kappa shape index (κ3) is 5.96. The van der Waals surface area contributed by atoms with Crippen LogP contribution >= 0.6 is 11.6 Å². The molecular weight excluding hydrogens is 383 g/mol. The van der Waals surface area contributed by atoms with Gasteiger partial charge in [0, 0.05) is 17.8 Å². The van der Waals surface area contributed by atoms with E-state index in [1.807, 2.05) is 0 Å². The van der Waals surface area contributed by atoms with Gasteiger partial charge in [-0.05, 0) is 48.0 Å². The van der Waals surface area contributed by atoms with Gasteiger partial charge in [0.05, 0.1) is 19.2 Å². The van der Waals surface area contributed by atoms with Gasteiger partial charge in [0.2, 0.25) is 5.91 Å². The van der Waals surface area contributed by atoms with E-state index in [-0.39, 0.29) is 31.2 Å². The summed E-state index contributed by atoms with van der Waals surface area (Å²) in [5.41, 5.74) is 0.625. The SMILES string of the molecule is O=C(CCOc1cccc(Cl)c1)NCc1ccc(Oc2cccnc2)c(F)c1. The molecule has 0 radical (unpaired) electrons. The summed E-state index contributed by atoms with van der Waals surface area (Å²) < 4.78 is 25.1. The van der Waals surface area contributed by atoms with Crippen LogP contribution in [-0.4, -0.2) is 17.5 Å². The lowest BCUT2D eigenvalue weighted by Crippen LogP contribution is -2.24. The summed E-state index contributed by atoms with van der Waals surface area (Å²) >= 11 is 5.87. The number of pyridine rings is 1. The van der Waals surface area contributed by atoms with E-state index in [1.54, 1.807) is 48.7 Å². The summed E-state index contributed by atoms with van der Waals surface area (Å²) in [5, 5.41) is 3.30. The van der Waals surface area contributed by atoms with Gasteiger partial charge in [-0.2, -0.15) is 0 Å². The molecule has 3 aromatic rings. The van der Waals surface area contributed by atoms with Crippen molar-refractivity contribution in [2.24, 2.45) is 0 Å². The van der Waals surface area contributed by atoms with E-state index in [0.29, 0.717) is 22.1 Å². The van der Waals surface area contributed by atoms with E-state index in [1.165, 1.54) is 18.3 Å². The van der Waals surface area contributed by atoms with Crippen molar-refractivity contribution in [1.29, 1.82) is 0 Å². The number of ether oxygens (including phenoxy) is 2. The first-order valence-electron chi connectivity index (χ1n) is 8.61. The fourth-order valence-corrected chi connectivity index (χ4v) is 2.56. The Morgan fingerprint density at radius 1 is 1.11 bits per heavy atom. The van der Waals surface area contributed by atoms with Crippen molar-refractivity contribution in [2.75, 3.05) is 6.61 Å². The highest BCUT2D eigenvalue weighted by atomic mass is 35.5. The molecule has 0 spiro atoms. The molecule has 7 heteroatoms. The van der Waals surface area contributed by atoms with E-state index in [4.69, 9.17) is 21.1 Å². The smallest absolute Gasteiger partial charge is 0.223 e. The van der Waals surface area contributed by atoms with E-state index < -0.39 is 5.82 Å². The molecule has 5 nitrogen and oxygen atoms in total. The topological polar surface area (TPSA) is 60.5 Å². The first-order valence-corrected chi connectivity index (χ1v) is 8.99. The van der Waals surface area contributed by atoms with Crippen molar-refractivity contribution in [3.8, 4) is 17.2 Å². The molecule has 0 aliphatic rings. The molecule has 0 aliphatic heterocycles. The predicted molar refractivity (Wildman–Crippen MR) is 104 cm³/mol. The van der Waals surface area contributed by atoms with Gasteiger partial charge in [-0.25, -0.2) is 4.39 Å². The maximum atomic E-state index is 14.2. The number of carbonyl (C=O) groups is 1. The van der Waals surface area contributed by atoms with Crippen molar-refractivity contribution >= 4 is 17.5 Å². The van der Waals surface area contributed by atoms with E-state index in [0.717, 1.165) is 0 Å². The van der Waals surface area contributed by atoms with E-state index in [2.05, 4.69) is 10.3 Å². The first-order chi connectivity index (χ1) is 13.6. The average Bonchev–Trinajstić information content (AvgIpc) is 2.69. The fraction of sp³-hybridized carbons (Fsp3) is 0.143. The first kappa shape index (κ1) is 19.6. The molecular formula is C21H18ClFN2O3. The minimum absolute atomic E-state index is 0.0954. The zero-order chi connectivity index (χ0) is 19.8. The van der Waals surface area contributed by atoms with Gasteiger partial charge in [0.15, 0.2) is 11.6 Å². The van der Waals surface area contributed by atoms with Gasteiger partial charge in [-0.15, -0.1) is 0 Å². The van der Waals surface area contributed by atoms with Crippen LogP contribution in [0.5, 0.6) is 17.2 Å². The quantitative estimate of drug-likeness (QED) is 0.592. The van der Waals surface area contributed by atoms with Crippen LogP contribution in [0.25, 0.3) is 0 Å². The van der Waals surface area contributed by atoms with Crippen LogP contribution < -0.4 is 14.8 Å². The summed E-state index contributed by atoms with van der Waals surface area (Å²) in [7, 11) is 0. The van der Waals surface area contributed by atoms with Gasteiger partial charge in [-0.1, -0.05) is 23.7 Å². The maximum absolute atomic E-state index is 14.2. The second-order valence-corrected chi connectivity index (χ2v) is 6.32. The number of amides is 1. The Morgan fingerprint density at radius 3 is 2.71 bits per heavy atom. The Bertz CT molecular complexity index is 938. The van der Waals surface area contributed by atoms with Crippen LogP contribution in [0.15, 0.2) is 67.0 Å². The number of benzene rings is 2. The van der Waals surface area contributed by atoms with Crippen LogP contribution in [0.1, 0.15) is 12.0 Å². The minimum Gasteiger partial charge on any atom is -0.493 e. The van der Waals surface area contributed by atoms with Gasteiger partial charge in [0.1, 0.15) is 11.5 Å². The average molecular weight is 401 g/mol. The number of nitrogens with zero attached hydrogens (tertiary/aromatic N) is 1. The lowest BCUT2D eigenvalue weighted by molar-refractivity contribution is -0.121. The molecule has 0 unspecified atom stereocenters. The molecule has 0 atom stereocenters. The summed E-state index contributed by atoms with van der Waals surface area (Å²) in [4.78, 5) is 15.8. The predicted octanol–water partition coefficient (Wildman–Crippen LogP) is 4.75. The Morgan fingerprint density at radius 2 is 1.96 bits per heavy atom. The zero-order valence-electron chi connectivity index (χ0n) is 14.9.